The molecule has 160 valence electrons. The van der Waals surface area contributed by atoms with E-state index < -0.39 is 11.9 Å². The van der Waals surface area contributed by atoms with E-state index in [9.17, 15) is 4.79 Å². The lowest BCUT2D eigenvalue weighted by Gasteiger charge is -2.17. The molecule has 2 aromatic rings. The van der Waals surface area contributed by atoms with E-state index in [0.29, 0.717) is 5.56 Å². The van der Waals surface area contributed by atoms with Gasteiger partial charge in [0.05, 0.1) is 7.11 Å². The number of ether oxygens (including phenoxy) is 1. The van der Waals surface area contributed by atoms with Crippen LogP contribution in [0, 0.1) is 0 Å². The molecule has 0 saturated carbocycles. The molecule has 30 heavy (non-hydrogen) atoms. The monoisotopic (exact) mass is 417 g/mol. The minimum absolute atomic E-state index is 0.0818. The number of carboxylic acids is 2. The molecule has 3 rings (SSSR count). The second-order valence-corrected chi connectivity index (χ2v) is 6.44. The van der Waals surface area contributed by atoms with Gasteiger partial charge in [0.2, 0.25) is 11.8 Å². The number of aromatic nitrogens is 2. The van der Waals surface area contributed by atoms with E-state index in [0.717, 1.165) is 26.1 Å². The van der Waals surface area contributed by atoms with Gasteiger partial charge >= 0.3 is 11.9 Å². The first-order valence-electron chi connectivity index (χ1n) is 9.00. The van der Waals surface area contributed by atoms with Gasteiger partial charge < -0.3 is 26.0 Å². The van der Waals surface area contributed by atoms with Gasteiger partial charge in [0.1, 0.15) is 5.56 Å². The van der Waals surface area contributed by atoms with Crippen molar-refractivity contribution in [1.82, 2.24) is 20.2 Å². The summed E-state index contributed by atoms with van der Waals surface area (Å²) in [5, 5.41) is 17.8. The van der Waals surface area contributed by atoms with Gasteiger partial charge in [-0.05, 0) is 12.0 Å². The first kappa shape index (κ1) is 22.6. The highest BCUT2D eigenvalue weighted by Crippen LogP contribution is 2.17. The Labute approximate surface area is 172 Å². The lowest BCUT2D eigenvalue weighted by Crippen LogP contribution is -2.37. The molecule has 2 heterocycles. The van der Waals surface area contributed by atoms with Crippen LogP contribution in [0.2, 0.25) is 0 Å². The maximum Gasteiger partial charge on any atom is 0.414 e. The number of hydrogen-bond donors (Lipinski definition) is 4. The Kier molecular flexibility index (Phi) is 8.06. The van der Waals surface area contributed by atoms with E-state index in [1.165, 1.54) is 18.9 Å². The average Bonchev–Trinajstić information content (AvgIpc) is 3.15. The smallest absolute Gasteiger partial charge is 0.414 e. The number of nitrogens with zero attached hydrogens (tertiary/aromatic N) is 3. The predicted octanol–water partition coefficient (Wildman–Crippen LogP) is 0.227. The first-order chi connectivity index (χ1) is 14.3. The van der Waals surface area contributed by atoms with Gasteiger partial charge in [-0.25, -0.2) is 14.6 Å². The summed E-state index contributed by atoms with van der Waals surface area (Å²) in [5.74, 6) is -3.61. The molecule has 1 aromatic carbocycles. The Morgan fingerprint density at radius 2 is 1.90 bits per heavy atom. The molecule has 1 fully saturated rings. The zero-order valence-corrected chi connectivity index (χ0v) is 16.3. The van der Waals surface area contributed by atoms with Crippen LogP contribution >= 0.6 is 0 Å². The summed E-state index contributed by atoms with van der Waals surface area (Å²) in [6.45, 7) is 2.66. The number of hydrogen-bond acceptors (Lipinski definition) is 8. The maximum atomic E-state index is 12.4. The fourth-order valence-corrected chi connectivity index (χ4v) is 2.89. The molecule has 1 aliphatic rings. The summed E-state index contributed by atoms with van der Waals surface area (Å²) in [7, 11) is 1.45. The number of methoxy groups -OCH3 is 1. The number of rotatable bonds is 5. The molecular weight excluding hydrogens is 394 g/mol. The van der Waals surface area contributed by atoms with Crippen LogP contribution in [0.1, 0.15) is 22.3 Å². The van der Waals surface area contributed by atoms with E-state index >= 15 is 0 Å². The van der Waals surface area contributed by atoms with Crippen LogP contribution in [-0.2, 0) is 16.1 Å². The number of benzene rings is 1. The van der Waals surface area contributed by atoms with Crippen molar-refractivity contribution in [2.24, 2.45) is 0 Å². The fourth-order valence-electron chi connectivity index (χ4n) is 2.89. The van der Waals surface area contributed by atoms with Gasteiger partial charge in [-0.3, -0.25) is 9.69 Å². The van der Waals surface area contributed by atoms with Crippen LogP contribution < -0.4 is 15.8 Å². The highest BCUT2D eigenvalue weighted by Gasteiger charge is 2.25. The molecule has 1 aliphatic heterocycles. The second kappa shape index (κ2) is 10.7. The first-order valence-corrected chi connectivity index (χ1v) is 9.00. The Morgan fingerprint density at radius 1 is 1.23 bits per heavy atom. The third kappa shape index (κ3) is 6.71. The molecule has 1 aromatic heterocycles. The molecule has 5 N–H and O–H groups in total. The SMILES string of the molecule is COc1nc(N)ncc1C(=O)NC1CCN(Cc2ccccc2)C1.O=C(O)C(=O)O. The Morgan fingerprint density at radius 3 is 2.50 bits per heavy atom. The topological polar surface area (TPSA) is 168 Å². The molecule has 1 atom stereocenters. The third-order valence-electron chi connectivity index (χ3n) is 4.25. The molecule has 0 radical (unpaired) electrons. The van der Waals surface area contributed by atoms with Crippen LogP contribution in [0.25, 0.3) is 0 Å². The summed E-state index contributed by atoms with van der Waals surface area (Å²) in [6, 6.07) is 10.4. The molecule has 0 aliphatic carbocycles. The number of nitrogens with one attached hydrogen (secondary N) is 1. The lowest BCUT2D eigenvalue weighted by molar-refractivity contribution is -0.159. The lowest BCUT2D eigenvalue weighted by atomic mass is 10.2. The van der Waals surface area contributed by atoms with Crippen LogP contribution in [0.15, 0.2) is 36.5 Å². The van der Waals surface area contributed by atoms with E-state index in [2.05, 4.69) is 32.3 Å². The van der Waals surface area contributed by atoms with Gasteiger partial charge in [-0.1, -0.05) is 30.3 Å². The number of nitrogens with two attached hydrogens (primary N) is 1. The minimum Gasteiger partial charge on any atom is -0.480 e. The molecule has 1 amide bonds. The van der Waals surface area contributed by atoms with Crippen molar-refractivity contribution < 1.29 is 29.3 Å². The van der Waals surface area contributed by atoms with Crippen LogP contribution in [-0.4, -0.2) is 69.2 Å². The zero-order valence-electron chi connectivity index (χ0n) is 16.3. The number of carboxylic acid groups (broad SMARTS) is 2. The number of amides is 1. The van der Waals surface area contributed by atoms with E-state index in [1.54, 1.807) is 0 Å². The van der Waals surface area contributed by atoms with Gasteiger partial charge in [0.15, 0.2) is 0 Å². The molecule has 1 unspecified atom stereocenters. The normalized spacial score (nSPS) is 15.6. The number of carbonyl (C=O) groups is 3. The van der Waals surface area contributed by atoms with Crippen molar-refractivity contribution >= 4 is 23.8 Å². The summed E-state index contributed by atoms with van der Waals surface area (Å²) in [4.78, 5) is 40.8. The van der Waals surface area contributed by atoms with Crippen molar-refractivity contribution in [2.75, 3.05) is 25.9 Å². The molecule has 0 bridgehead atoms. The summed E-state index contributed by atoms with van der Waals surface area (Å²) in [6.07, 6.45) is 2.31. The molecule has 11 nitrogen and oxygen atoms in total. The number of likely N-dealkylation sites (tertiary alicyclic amines) is 1. The number of anilines is 1. The van der Waals surface area contributed by atoms with E-state index in [-0.39, 0.29) is 23.8 Å². The summed E-state index contributed by atoms with van der Waals surface area (Å²) in [5.41, 5.74) is 7.09. The fraction of sp³-hybridized carbons (Fsp3) is 0.316. The van der Waals surface area contributed by atoms with Gasteiger partial charge in [0.25, 0.3) is 5.91 Å². The van der Waals surface area contributed by atoms with Crippen molar-refractivity contribution in [3.63, 3.8) is 0 Å². The zero-order chi connectivity index (χ0) is 22.1. The third-order valence-corrected chi connectivity index (χ3v) is 4.25. The minimum atomic E-state index is -1.82. The van der Waals surface area contributed by atoms with Gasteiger partial charge in [-0.15, -0.1) is 0 Å². The molecule has 1 saturated heterocycles. The van der Waals surface area contributed by atoms with Gasteiger partial charge in [0, 0.05) is 31.9 Å². The molecule has 11 heteroatoms. The van der Waals surface area contributed by atoms with E-state index in [4.69, 9.17) is 30.3 Å². The Bertz CT molecular complexity index is 880. The highest BCUT2D eigenvalue weighted by atomic mass is 16.5. The van der Waals surface area contributed by atoms with Gasteiger partial charge in [-0.2, -0.15) is 4.98 Å². The number of carbonyl (C=O) groups excluding carboxylic acids is 1. The number of nitrogen functional groups attached to an aromatic ring is 1. The predicted molar refractivity (Wildman–Crippen MR) is 106 cm³/mol. The largest absolute Gasteiger partial charge is 0.480 e. The standard InChI is InChI=1S/C17H21N5O2.C2H2O4/c1-24-16-14(9-19-17(18)21-16)15(23)20-13-7-8-22(11-13)10-12-5-3-2-4-6-12;3-1(4)2(5)6/h2-6,9,13H,7-8,10-11H2,1H3,(H,20,23)(H2,18,19,21);(H,3,4)(H,5,6). The Hall–Kier alpha value is -3.73. The van der Waals surface area contributed by atoms with Crippen molar-refractivity contribution in [1.29, 1.82) is 0 Å². The average molecular weight is 417 g/mol. The van der Waals surface area contributed by atoms with Crippen LogP contribution in [0.5, 0.6) is 5.88 Å². The van der Waals surface area contributed by atoms with E-state index in [1.807, 2.05) is 18.2 Å². The summed E-state index contributed by atoms with van der Waals surface area (Å²) < 4.78 is 5.11. The maximum absolute atomic E-state index is 12.4. The van der Waals surface area contributed by atoms with Crippen LogP contribution in [0.3, 0.4) is 0 Å². The summed E-state index contributed by atoms with van der Waals surface area (Å²) >= 11 is 0. The second-order valence-electron chi connectivity index (χ2n) is 6.44. The van der Waals surface area contributed by atoms with Crippen LogP contribution in [0.4, 0.5) is 5.95 Å². The van der Waals surface area contributed by atoms with Crippen molar-refractivity contribution in [3.05, 3.63) is 47.7 Å². The van der Waals surface area contributed by atoms with Crippen molar-refractivity contribution in [2.45, 2.75) is 19.0 Å². The molecule has 0 spiro atoms. The quantitative estimate of drug-likeness (QED) is 0.494. The highest BCUT2D eigenvalue weighted by molar-refractivity contribution is 6.27. The molecular formula is C19H23N5O6. The van der Waals surface area contributed by atoms with Crippen molar-refractivity contribution in [3.8, 4) is 5.88 Å². The number of aliphatic carboxylic acids is 2. The Balaban J connectivity index is 0.000000469.